The van der Waals surface area contributed by atoms with Crippen molar-refractivity contribution in [3.8, 4) is 0 Å². The second kappa shape index (κ2) is 5.77. The predicted octanol–water partition coefficient (Wildman–Crippen LogP) is 2.31. The Hall–Kier alpha value is -1.65. The summed E-state index contributed by atoms with van der Waals surface area (Å²) in [6.45, 7) is 3.68. The number of fused-ring (bicyclic) bond motifs is 1. The van der Waals surface area contributed by atoms with Crippen LogP contribution in [0.3, 0.4) is 0 Å². The highest BCUT2D eigenvalue weighted by Gasteiger charge is 2.37. The molecule has 1 saturated heterocycles. The third kappa shape index (κ3) is 2.49. The molecule has 1 N–H and O–H groups in total. The Morgan fingerprint density at radius 3 is 2.90 bits per heavy atom. The van der Waals surface area contributed by atoms with Crippen molar-refractivity contribution in [2.24, 2.45) is 5.92 Å². The van der Waals surface area contributed by atoms with Crippen LogP contribution in [-0.4, -0.2) is 40.1 Å². The first-order valence-electron chi connectivity index (χ1n) is 7.68. The Labute approximate surface area is 119 Å². The monoisotopic (exact) mass is 274 g/mol. The number of nitrogens with one attached hydrogen (secondary N) is 1. The first kappa shape index (κ1) is 13.3. The van der Waals surface area contributed by atoms with E-state index in [-0.39, 0.29) is 5.91 Å². The standard InChI is InChI=1S/C15H22N4O/c1-2-16-14-9-8-12(17-18-14)15(20)19-10-4-6-11-5-3-7-13(11)19/h8-9,11,13H,2-7,10H2,1H3,(H,16,18). The molecule has 20 heavy (non-hydrogen) atoms. The van der Waals surface area contributed by atoms with Crippen molar-refractivity contribution in [3.63, 3.8) is 0 Å². The Kier molecular flexibility index (Phi) is 3.85. The van der Waals surface area contributed by atoms with Crippen LogP contribution < -0.4 is 5.32 Å². The summed E-state index contributed by atoms with van der Waals surface area (Å²) in [5, 5.41) is 11.2. The van der Waals surface area contributed by atoms with E-state index in [0.717, 1.165) is 31.7 Å². The summed E-state index contributed by atoms with van der Waals surface area (Å²) >= 11 is 0. The van der Waals surface area contributed by atoms with E-state index in [0.29, 0.717) is 17.7 Å². The average Bonchev–Trinajstić information content (AvgIpc) is 2.96. The van der Waals surface area contributed by atoms with Crippen molar-refractivity contribution < 1.29 is 4.79 Å². The molecule has 1 amide bonds. The highest BCUT2D eigenvalue weighted by Crippen LogP contribution is 2.37. The van der Waals surface area contributed by atoms with Crippen molar-refractivity contribution in [2.45, 2.75) is 45.1 Å². The number of rotatable bonds is 3. The van der Waals surface area contributed by atoms with Crippen LogP contribution >= 0.6 is 0 Å². The maximum atomic E-state index is 12.6. The lowest BCUT2D eigenvalue weighted by Gasteiger charge is -2.37. The minimum absolute atomic E-state index is 0.0529. The van der Waals surface area contributed by atoms with Gasteiger partial charge in [-0.1, -0.05) is 6.42 Å². The van der Waals surface area contributed by atoms with Gasteiger partial charge < -0.3 is 10.2 Å². The van der Waals surface area contributed by atoms with E-state index in [2.05, 4.69) is 15.5 Å². The normalized spacial score (nSPS) is 25.4. The minimum Gasteiger partial charge on any atom is -0.369 e. The molecule has 2 unspecified atom stereocenters. The SMILES string of the molecule is CCNc1ccc(C(=O)N2CCCC3CCCC32)nn1. The number of anilines is 1. The van der Waals surface area contributed by atoms with Gasteiger partial charge in [0.25, 0.3) is 5.91 Å². The lowest BCUT2D eigenvalue weighted by molar-refractivity contribution is 0.0541. The zero-order valence-corrected chi connectivity index (χ0v) is 12.0. The number of piperidine rings is 1. The summed E-state index contributed by atoms with van der Waals surface area (Å²) in [7, 11) is 0. The van der Waals surface area contributed by atoms with E-state index in [1.807, 2.05) is 17.9 Å². The molecule has 108 valence electrons. The molecule has 1 aliphatic carbocycles. The van der Waals surface area contributed by atoms with Gasteiger partial charge >= 0.3 is 0 Å². The van der Waals surface area contributed by atoms with Gasteiger partial charge in [-0.3, -0.25) is 4.79 Å². The van der Waals surface area contributed by atoms with Gasteiger partial charge in [-0.15, -0.1) is 10.2 Å². The van der Waals surface area contributed by atoms with Crippen LogP contribution in [0.5, 0.6) is 0 Å². The molecule has 5 heteroatoms. The first-order valence-corrected chi connectivity index (χ1v) is 7.68. The fraction of sp³-hybridized carbons (Fsp3) is 0.667. The van der Waals surface area contributed by atoms with Crippen LogP contribution in [0.4, 0.5) is 5.82 Å². The van der Waals surface area contributed by atoms with Crippen LogP contribution in [0.15, 0.2) is 12.1 Å². The molecule has 2 aliphatic rings. The van der Waals surface area contributed by atoms with Gasteiger partial charge in [0.15, 0.2) is 5.69 Å². The summed E-state index contributed by atoms with van der Waals surface area (Å²) in [4.78, 5) is 14.7. The molecule has 1 aromatic rings. The smallest absolute Gasteiger partial charge is 0.274 e. The zero-order chi connectivity index (χ0) is 13.9. The van der Waals surface area contributed by atoms with E-state index < -0.39 is 0 Å². The van der Waals surface area contributed by atoms with Gasteiger partial charge in [0.1, 0.15) is 5.82 Å². The van der Waals surface area contributed by atoms with Gasteiger partial charge in [0, 0.05) is 19.1 Å². The predicted molar refractivity (Wildman–Crippen MR) is 77.6 cm³/mol. The molecule has 2 atom stereocenters. The van der Waals surface area contributed by atoms with Crippen molar-refractivity contribution in [3.05, 3.63) is 17.8 Å². The van der Waals surface area contributed by atoms with Gasteiger partial charge in [-0.05, 0) is 50.7 Å². The number of hydrogen-bond donors (Lipinski definition) is 1. The van der Waals surface area contributed by atoms with E-state index in [4.69, 9.17) is 0 Å². The van der Waals surface area contributed by atoms with Crippen LogP contribution in [-0.2, 0) is 0 Å². The first-order chi connectivity index (χ1) is 9.79. The summed E-state index contributed by atoms with van der Waals surface area (Å²) < 4.78 is 0. The molecule has 1 aromatic heterocycles. The minimum atomic E-state index is 0.0529. The molecular weight excluding hydrogens is 252 g/mol. The summed E-state index contributed by atoms with van der Waals surface area (Å²) in [5.41, 5.74) is 0.471. The second-order valence-electron chi connectivity index (χ2n) is 5.73. The quantitative estimate of drug-likeness (QED) is 0.919. The maximum absolute atomic E-state index is 12.6. The summed E-state index contributed by atoms with van der Waals surface area (Å²) in [6, 6.07) is 4.05. The molecular formula is C15H22N4O. The number of carbonyl (C=O) groups excluding carboxylic acids is 1. The van der Waals surface area contributed by atoms with E-state index >= 15 is 0 Å². The van der Waals surface area contributed by atoms with E-state index in [1.54, 1.807) is 6.07 Å². The number of nitrogens with zero attached hydrogens (tertiary/aromatic N) is 3. The molecule has 0 radical (unpaired) electrons. The van der Waals surface area contributed by atoms with Crippen molar-refractivity contribution >= 4 is 11.7 Å². The van der Waals surface area contributed by atoms with Crippen LogP contribution in [0.2, 0.25) is 0 Å². The number of amides is 1. The van der Waals surface area contributed by atoms with E-state index in [9.17, 15) is 4.79 Å². The average molecular weight is 274 g/mol. The van der Waals surface area contributed by atoms with Crippen LogP contribution in [0.25, 0.3) is 0 Å². The summed E-state index contributed by atoms with van der Waals surface area (Å²) in [5.74, 6) is 1.49. The number of aromatic nitrogens is 2. The van der Waals surface area contributed by atoms with Gasteiger partial charge in [0.05, 0.1) is 0 Å². The molecule has 0 aromatic carbocycles. The highest BCUT2D eigenvalue weighted by atomic mass is 16.2. The molecule has 2 heterocycles. The topological polar surface area (TPSA) is 58.1 Å². The fourth-order valence-corrected chi connectivity index (χ4v) is 3.57. The lowest BCUT2D eigenvalue weighted by atomic mass is 9.92. The lowest BCUT2D eigenvalue weighted by Crippen LogP contribution is -2.46. The largest absolute Gasteiger partial charge is 0.369 e. The molecule has 0 bridgehead atoms. The molecule has 5 nitrogen and oxygen atoms in total. The third-order valence-electron chi connectivity index (χ3n) is 4.50. The van der Waals surface area contributed by atoms with Crippen molar-refractivity contribution in [1.82, 2.24) is 15.1 Å². The van der Waals surface area contributed by atoms with Gasteiger partial charge in [0.2, 0.25) is 0 Å². The molecule has 1 aliphatic heterocycles. The van der Waals surface area contributed by atoms with Crippen LogP contribution in [0, 0.1) is 5.92 Å². The van der Waals surface area contributed by atoms with E-state index in [1.165, 1.54) is 19.3 Å². The Bertz CT molecular complexity index is 473. The van der Waals surface area contributed by atoms with Crippen molar-refractivity contribution in [1.29, 1.82) is 0 Å². The Balaban J connectivity index is 1.74. The molecule has 2 fully saturated rings. The second-order valence-corrected chi connectivity index (χ2v) is 5.73. The maximum Gasteiger partial charge on any atom is 0.274 e. The van der Waals surface area contributed by atoms with Crippen LogP contribution in [0.1, 0.15) is 49.5 Å². The Morgan fingerprint density at radius 1 is 1.30 bits per heavy atom. The summed E-state index contributed by atoms with van der Waals surface area (Å²) in [6.07, 6.45) is 6.08. The third-order valence-corrected chi connectivity index (χ3v) is 4.50. The highest BCUT2D eigenvalue weighted by molar-refractivity contribution is 5.92. The number of carbonyl (C=O) groups is 1. The molecule has 3 rings (SSSR count). The zero-order valence-electron chi connectivity index (χ0n) is 12.0. The molecule has 0 spiro atoms. The Morgan fingerprint density at radius 2 is 2.15 bits per heavy atom. The van der Waals surface area contributed by atoms with Crippen molar-refractivity contribution in [2.75, 3.05) is 18.4 Å². The fourth-order valence-electron chi connectivity index (χ4n) is 3.57. The van der Waals surface area contributed by atoms with Gasteiger partial charge in [-0.2, -0.15) is 0 Å². The molecule has 1 saturated carbocycles. The van der Waals surface area contributed by atoms with Gasteiger partial charge in [-0.25, -0.2) is 0 Å². The number of hydrogen-bond acceptors (Lipinski definition) is 4. The number of likely N-dealkylation sites (tertiary alicyclic amines) is 1.